The molecule has 0 atom stereocenters. The SMILES string of the molecule is COC(=O)c1cc(OC)c(OC)cc1NC(=O)CCSc1ccc(C)cc1. The number of carbonyl (C=O) groups is 2. The summed E-state index contributed by atoms with van der Waals surface area (Å²) in [6.07, 6.45) is 0.299. The third kappa shape index (κ3) is 5.65. The van der Waals surface area contributed by atoms with Crippen molar-refractivity contribution in [2.45, 2.75) is 18.2 Å². The number of hydrogen-bond acceptors (Lipinski definition) is 6. The van der Waals surface area contributed by atoms with E-state index in [2.05, 4.69) is 5.32 Å². The lowest BCUT2D eigenvalue weighted by Crippen LogP contribution is -2.16. The highest BCUT2D eigenvalue weighted by molar-refractivity contribution is 7.99. The quantitative estimate of drug-likeness (QED) is 0.545. The highest BCUT2D eigenvalue weighted by atomic mass is 32.2. The van der Waals surface area contributed by atoms with Crippen molar-refractivity contribution in [2.24, 2.45) is 0 Å². The molecule has 1 amide bonds. The smallest absolute Gasteiger partial charge is 0.340 e. The highest BCUT2D eigenvalue weighted by Gasteiger charge is 2.19. The van der Waals surface area contributed by atoms with E-state index in [4.69, 9.17) is 14.2 Å². The molecule has 2 aromatic carbocycles. The van der Waals surface area contributed by atoms with E-state index in [0.717, 1.165) is 4.90 Å². The Labute approximate surface area is 163 Å². The van der Waals surface area contributed by atoms with Gasteiger partial charge >= 0.3 is 5.97 Å². The van der Waals surface area contributed by atoms with Gasteiger partial charge in [0.2, 0.25) is 5.91 Å². The van der Waals surface area contributed by atoms with Gasteiger partial charge < -0.3 is 19.5 Å². The van der Waals surface area contributed by atoms with E-state index < -0.39 is 5.97 Å². The second-order valence-electron chi connectivity index (χ2n) is 5.70. The molecule has 0 aliphatic rings. The van der Waals surface area contributed by atoms with Crippen LogP contribution >= 0.6 is 11.8 Å². The van der Waals surface area contributed by atoms with Crippen LogP contribution in [0.2, 0.25) is 0 Å². The van der Waals surface area contributed by atoms with Crippen LogP contribution < -0.4 is 14.8 Å². The molecule has 0 saturated carbocycles. The maximum absolute atomic E-state index is 12.3. The third-order valence-electron chi connectivity index (χ3n) is 3.82. The number of nitrogens with one attached hydrogen (secondary N) is 1. The van der Waals surface area contributed by atoms with Crippen LogP contribution in [-0.2, 0) is 9.53 Å². The van der Waals surface area contributed by atoms with Crippen molar-refractivity contribution in [3.63, 3.8) is 0 Å². The van der Waals surface area contributed by atoms with Gasteiger partial charge in [0.05, 0.1) is 32.6 Å². The van der Waals surface area contributed by atoms with Gasteiger partial charge in [0.25, 0.3) is 0 Å². The van der Waals surface area contributed by atoms with E-state index in [1.807, 2.05) is 31.2 Å². The Morgan fingerprint density at radius 1 is 1.00 bits per heavy atom. The number of methoxy groups -OCH3 is 3. The largest absolute Gasteiger partial charge is 0.493 e. The van der Waals surface area contributed by atoms with Crippen molar-refractivity contribution >= 4 is 29.3 Å². The summed E-state index contributed by atoms with van der Waals surface area (Å²) in [5.41, 5.74) is 1.72. The minimum absolute atomic E-state index is 0.202. The van der Waals surface area contributed by atoms with Crippen LogP contribution in [0.1, 0.15) is 22.3 Å². The fraction of sp³-hybridized carbons (Fsp3) is 0.300. The van der Waals surface area contributed by atoms with E-state index in [1.165, 1.54) is 33.0 Å². The first kappa shape index (κ1) is 20.6. The second-order valence-corrected chi connectivity index (χ2v) is 6.87. The van der Waals surface area contributed by atoms with Gasteiger partial charge in [-0.15, -0.1) is 11.8 Å². The fourth-order valence-electron chi connectivity index (χ4n) is 2.37. The van der Waals surface area contributed by atoms with E-state index in [1.54, 1.807) is 17.8 Å². The van der Waals surface area contributed by atoms with Gasteiger partial charge in [0.1, 0.15) is 0 Å². The maximum Gasteiger partial charge on any atom is 0.340 e. The predicted molar refractivity (Wildman–Crippen MR) is 106 cm³/mol. The lowest BCUT2D eigenvalue weighted by atomic mass is 10.1. The number of rotatable bonds is 8. The molecular weight excluding hydrogens is 366 g/mol. The Morgan fingerprint density at radius 3 is 2.22 bits per heavy atom. The number of esters is 1. The molecule has 27 heavy (non-hydrogen) atoms. The van der Waals surface area contributed by atoms with Crippen LogP contribution in [-0.4, -0.2) is 39.0 Å². The standard InChI is InChI=1S/C20H23NO5S/c1-13-5-7-14(8-6-13)27-10-9-19(22)21-16-12-18(25-3)17(24-2)11-15(16)20(23)26-4/h5-8,11-12H,9-10H2,1-4H3,(H,21,22). The zero-order valence-electron chi connectivity index (χ0n) is 15.8. The van der Waals surface area contributed by atoms with Crippen molar-refractivity contribution in [2.75, 3.05) is 32.4 Å². The topological polar surface area (TPSA) is 73.9 Å². The minimum atomic E-state index is -0.569. The summed E-state index contributed by atoms with van der Waals surface area (Å²) >= 11 is 1.60. The normalized spacial score (nSPS) is 10.2. The second kappa shape index (κ2) is 9.87. The fourth-order valence-corrected chi connectivity index (χ4v) is 3.22. The molecule has 0 aliphatic carbocycles. The van der Waals surface area contributed by atoms with Crippen molar-refractivity contribution in [1.29, 1.82) is 0 Å². The summed E-state index contributed by atoms with van der Waals surface area (Å²) in [7, 11) is 4.24. The molecule has 0 radical (unpaired) electrons. The molecule has 0 spiro atoms. The number of thioether (sulfide) groups is 1. The molecule has 0 aromatic heterocycles. The average molecular weight is 389 g/mol. The van der Waals surface area contributed by atoms with Gasteiger partial charge in [-0.25, -0.2) is 4.79 Å². The zero-order valence-corrected chi connectivity index (χ0v) is 16.6. The Morgan fingerprint density at radius 2 is 1.63 bits per heavy atom. The van der Waals surface area contributed by atoms with E-state index in [9.17, 15) is 9.59 Å². The molecular formula is C20H23NO5S. The molecule has 6 nitrogen and oxygen atoms in total. The van der Waals surface area contributed by atoms with Gasteiger partial charge in [-0.1, -0.05) is 17.7 Å². The first-order chi connectivity index (χ1) is 13.0. The monoisotopic (exact) mass is 389 g/mol. The van der Waals surface area contributed by atoms with Crippen molar-refractivity contribution in [3.8, 4) is 11.5 Å². The van der Waals surface area contributed by atoms with Gasteiger partial charge in [-0.2, -0.15) is 0 Å². The molecule has 7 heteroatoms. The number of aryl methyl sites for hydroxylation is 1. The number of anilines is 1. The van der Waals surface area contributed by atoms with Crippen molar-refractivity contribution in [3.05, 3.63) is 47.5 Å². The number of ether oxygens (including phenoxy) is 3. The van der Waals surface area contributed by atoms with Gasteiger partial charge in [-0.3, -0.25) is 4.79 Å². The first-order valence-corrected chi connectivity index (χ1v) is 9.30. The van der Waals surface area contributed by atoms with Gasteiger partial charge in [0.15, 0.2) is 11.5 Å². The molecule has 0 aliphatic heterocycles. The van der Waals surface area contributed by atoms with E-state index >= 15 is 0 Å². The van der Waals surface area contributed by atoms with Gasteiger partial charge in [0, 0.05) is 29.2 Å². The molecule has 0 unspecified atom stereocenters. The van der Waals surface area contributed by atoms with Crippen molar-refractivity contribution < 1.29 is 23.8 Å². The Kier molecular flexibility index (Phi) is 7.55. The summed E-state index contributed by atoms with van der Waals surface area (Å²) in [5.74, 6) is 0.642. The summed E-state index contributed by atoms with van der Waals surface area (Å²) in [6.45, 7) is 2.03. The average Bonchev–Trinajstić information content (AvgIpc) is 2.68. The number of carbonyl (C=O) groups excluding carboxylic acids is 2. The zero-order chi connectivity index (χ0) is 19.8. The van der Waals surface area contributed by atoms with E-state index in [-0.39, 0.29) is 11.5 Å². The molecule has 144 valence electrons. The van der Waals surface area contributed by atoms with E-state index in [0.29, 0.717) is 29.4 Å². The van der Waals surface area contributed by atoms with Crippen LogP contribution in [0.3, 0.4) is 0 Å². The Bertz CT molecular complexity index is 805. The molecule has 1 N–H and O–H groups in total. The van der Waals surface area contributed by atoms with Crippen LogP contribution in [0.4, 0.5) is 5.69 Å². The molecule has 0 bridgehead atoms. The maximum atomic E-state index is 12.3. The molecule has 2 rings (SSSR count). The predicted octanol–water partition coefficient (Wildman–Crippen LogP) is 3.92. The number of benzene rings is 2. The lowest BCUT2D eigenvalue weighted by molar-refractivity contribution is -0.115. The number of hydrogen-bond donors (Lipinski definition) is 1. The van der Waals surface area contributed by atoms with Crippen LogP contribution in [0.25, 0.3) is 0 Å². The van der Waals surface area contributed by atoms with Crippen molar-refractivity contribution in [1.82, 2.24) is 0 Å². The van der Waals surface area contributed by atoms with Crippen LogP contribution in [0.15, 0.2) is 41.3 Å². The molecule has 0 fully saturated rings. The molecule has 0 heterocycles. The van der Waals surface area contributed by atoms with Gasteiger partial charge in [-0.05, 0) is 19.1 Å². The minimum Gasteiger partial charge on any atom is -0.493 e. The Hall–Kier alpha value is -2.67. The summed E-state index contributed by atoms with van der Waals surface area (Å²) in [4.78, 5) is 25.5. The molecule has 0 saturated heterocycles. The Balaban J connectivity index is 2.06. The third-order valence-corrected chi connectivity index (χ3v) is 4.84. The number of amides is 1. The van der Waals surface area contributed by atoms with Crippen LogP contribution in [0, 0.1) is 6.92 Å². The summed E-state index contributed by atoms with van der Waals surface area (Å²) in [5, 5.41) is 2.76. The molecule has 2 aromatic rings. The lowest BCUT2D eigenvalue weighted by Gasteiger charge is -2.14. The van der Waals surface area contributed by atoms with Crippen LogP contribution in [0.5, 0.6) is 11.5 Å². The highest BCUT2D eigenvalue weighted by Crippen LogP contribution is 2.34. The first-order valence-electron chi connectivity index (χ1n) is 8.32. The summed E-state index contributed by atoms with van der Waals surface area (Å²) < 4.78 is 15.2. The summed E-state index contributed by atoms with van der Waals surface area (Å²) in [6, 6.07) is 11.2.